The van der Waals surface area contributed by atoms with E-state index in [1.165, 1.54) is 4.70 Å². The molecule has 1 aromatic heterocycles. The molecule has 0 saturated heterocycles. The Morgan fingerprint density at radius 2 is 2.29 bits per heavy atom. The molecule has 2 aromatic rings. The Morgan fingerprint density at radius 1 is 1.50 bits per heavy atom. The zero-order valence-corrected chi connectivity index (χ0v) is 10.7. The van der Waals surface area contributed by atoms with E-state index in [1.54, 1.807) is 18.4 Å². The molecule has 0 atom stereocenters. The molecule has 0 radical (unpaired) electrons. The minimum Gasteiger partial charge on any atom is -0.495 e. The fourth-order valence-electron chi connectivity index (χ4n) is 1.33. The Hall–Kier alpha value is -0.250. The van der Waals surface area contributed by atoms with Crippen molar-refractivity contribution in [3.05, 3.63) is 28.1 Å². The topological polar surface area (TPSA) is 9.23 Å². The van der Waals surface area contributed by atoms with Gasteiger partial charge in [0.25, 0.3) is 0 Å². The largest absolute Gasteiger partial charge is 0.495 e. The highest BCUT2D eigenvalue weighted by Crippen LogP contribution is 2.36. The molecule has 0 amide bonds. The molecule has 2 rings (SSSR count). The van der Waals surface area contributed by atoms with Gasteiger partial charge in [0.05, 0.1) is 7.11 Å². The minimum absolute atomic E-state index is 0.780. The average Bonchev–Trinajstić information content (AvgIpc) is 2.58. The quantitative estimate of drug-likeness (QED) is 0.742. The fourth-order valence-corrected chi connectivity index (χ4v) is 3.14. The van der Waals surface area contributed by atoms with Crippen molar-refractivity contribution in [2.75, 3.05) is 7.11 Å². The normalized spacial score (nSPS) is 10.8. The molecule has 0 aliphatic carbocycles. The lowest BCUT2D eigenvalue weighted by Gasteiger charge is -2.01. The zero-order chi connectivity index (χ0) is 10.1. The van der Waals surface area contributed by atoms with E-state index in [0.717, 1.165) is 27.1 Å². The van der Waals surface area contributed by atoms with Gasteiger partial charge in [0.15, 0.2) is 0 Å². The minimum atomic E-state index is 0.780. The summed E-state index contributed by atoms with van der Waals surface area (Å²) in [5, 5.41) is 4.65. The summed E-state index contributed by atoms with van der Waals surface area (Å²) in [4.78, 5) is 0. The van der Waals surface area contributed by atoms with Gasteiger partial charge < -0.3 is 4.74 Å². The maximum atomic E-state index is 6.11. The lowest BCUT2D eigenvalue weighted by atomic mass is 10.2. The van der Waals surface area contributed by atoms with Crippen LogP contribution >= 0.6 is 38.9 Å². The van der Waals surface area contributed by atoms with Crippen LogP contribution in [0.25, 0.3) is 10.1 Å². The number of methoxy groups -OCH3 is 1. The van der Waals surface area contributed by atoms with Gasteiger partial charge in [-0.3, -0.25) is 0 Å². The number of hydrogen-bond acceptors (Lipinski definition) is 2. The van der Waals surface area contributed by atoms with E-state index in [-0.39, 0.29) is 0 Å². The van der Waals surface area contributed by atoms with Gasteiger partial charge in [-0.05, 0) is 17.7 Å². The van der Waals surface area contributed by atoms with E-state index in [0.29, 0.717) is 0 Å². The maximum absolute atomic E-state index is 6.11. The molecule has 0 bridgehead atoms. The smallest absolute Gasteiger partial charge is 0.137 e. The molecular weight excluding hydrogens is 284 g/mol. The lowest BCUT2D eigenvalue weighted by Crippen LogP contribution is -1.82. The second-order valence-corrected chi connectivity index (χ2v) is 4.76. The summed E-state index contributed by atoms with van der Waals surface area (Å²) >= 11 is 11.2. The van der Waals surface area contributed by atoms with Crippen molar-refractivity contribution in [3.63, 3.8) is 0 Å². The van der Waals surface area contributed by atoms with E-state index < -0.39 is 0 Å². The van der Waals surface area contributed by atoms with Crippen molar-refractivity contribution in [1.29, 1.82) is 0 Å². The van der Waals surface area contributed by atoms with Crippen LogP contribution in [-0.2, 0) is 5.33 Å². The van der Waals surface area contributed by atoms with E-state index in [1.807, 2.05) is 11.4 Å². The predicted molar refractivity (Wildman–Crippen MR) is 66.0 cm³/mol. The second-order valence-electron chi connectivity index (χ2n) is 2.88. The first-order valence-electron chi connectivity index (χ1n) is 4.06. The van der Waals surface area contributed by atoms with Crippen LogP contribution in [0.5, 0.6) is 5.75 Å². The molecule has 0 aliphatic heterocycles. The Balaban J connectivity index is 2.69. The third kappa shape index (κ3) is 1.64. The van der Waals surface area contributed by atoms with Crippen LogP contribution in [0.4, 0.5) is 0 Å². The highest BCUT2D eigenvalue weighted by molar-refractivity contribution is 9.08. The molecule has 1 heterocycles. The Labute approximate surface area is 99.8 Å². The summed E-state index contributed by atoms with van der Waals surface area (Å²) in [6, 6.07) is 4.06. The summed E-state index contributed by atoms with van der Waals surface area (Å²) < 4.78 is 6.45. The van der Waals surface area contributed by atoms with Crippen molar-refractivity contribution in [2.45, 2.75) is 5.33 Å². The highest BCUT2D eigenvalue weighted by Gasteiger charge is 2.07. The molecule has 0 saturated carbocycles. The molecule has 4 heteroatoms. The van der Waals surface area contributed by atoms with Gasteiger partial charge in [-0.2, -0.15) is 0 Å². The molecule has 0 spiro atoms. The highest BCUT2D eigenvalue weighted by atomic mass is 79.9. The number of thiophene rings is 1. The lowest BCUT2D eigenvalue weighted by molar-refractivity contribution is 0.421. The Kier molecular flexibility index (Phi) is 3.00. The van der Waals surface area contributed by atoms with Crippen LogP contribution in [0.15, 0.2) is 17.5 Å². The molecule has 1 nitrogen and oxygen atoms in total. The van der Waals surface area contributed by atoms with Crippen molar-refractivity contribution in [3.8, 4) is 5.75 Å². The summed E-state index contributed by atoms with van der Waals surface area (Å²) in [5.41, 5.74) is 1.11. The van der Waals surface area contributed by atoms with Gasteiger partial charge in [-0.25, -0.2) is 0 Å². The number of alkyl halides is 1. The summed E-state index contributed by atoms with van der Waals surface area (Å²) in [6.07, 6.45) is 0. The van der Waals surface area contributed by atoms with Crippen LogP contribution in [0.2, 0.25) is 5.02 Å². The summed E-state index contributed by atoms with van der Waals surface area (Å²) in [5.74, 6) is 0.896. The SMILES string of the molecule is COc1csc2cc(CBr)c(Cl)cc12. The van der Waals surface area contributed by atoms with Crippen LogP contribution in [0, 0.1) is 0 Å². The van der Waals surface area contributed by atoms with E-state index >= 15 is 0 Å². The molecule has 0 unspecified atom stereocenters. The Bertz CT molecular complexity index is 466. The number of hydrogen-bond donors (Lipinski definition) is 0. The first-order valence-corrected chi connectivity index (χ1v) is 6.43. The number of ether oxygens (including phenoxy) is 1. The number of halogens is 2. The van der Waals surface area contributed by atoms with Crippen molar-refractivity contribution in [1.82, 2.24) is 0 Å². The first kappa shape index (κ1) is 10.3. The first-order chi connectivity index (χ1) is 6.76. The van der Waals surface area contributed by atoms with Crippen LogP contribution in [0.1, 0.15) is 5.56 Å². The molecule has 0 N–H and O–H groups in total. The molecule has 14 heavy (non-hydrogen) atoms. The van der Waals surface area contributed by atoms with Crippen molar-refractivity contribution >= 4 is 49.0 Å². The molecule has 0 aliphatic rings. The second kappa shape index (κ2) is 4.09. The third-order valence-corrected chi connectivity index (χ3v) is 3.95. The molecular formula is C10H8BrClOS. The summed E-state index contributed by atoms with van der Waals surface area (Å²) in [6.45, 7) is 0. The van der Waals surface area contributed by atoms with Crippen LogP contribution in [-0.4, -0.2) is 7.11 Å². The Morgan fingerprint density at radius 3 is 2.93 bits per heavy atom. The van der Waals surface area contributed by atoms with Crippen LogP contribution < -0.4 is 4.74 Å². The fraction of sp³-hybridized carbons (Fsp3) is 0.200. The molecule has 1 aromatic carbocycles. The number of rotatable bonds is 2. The van der Waals surface area contributed by atoms with Gasteiger partial charge >= 0.3 is 0 Å². The van der Waals surface area contributed by atoms with Gasteiger partial charge in [0, 0.05) is 25.8 Å². The van der Waals surface area contributed by atoms with Crippen molar-refractivity contribution in [2.24, 2.45) is 0 Å². The summed E-state index contributed by atoms with van der Waals surface area (Å²) in [7, 11) is 1.67. The van der Waals surface area contributed by atoms with E-state index in [2.05, 4.69) is 22.0 Å². The monoisotopic (exact) mass is 290 g/mol. The number of benzene rings is 1. The van der Waals surface area contributed by atoms with E-state index in [9.17, 15) is 0 Å². The molecule has 74 valence electrons. The van der Waals surface area contributed by atoms with Crippen LogP contribution in [0.3, 0.4) is 0 Å². The van der Waals surface area contributed by atoms with Gasteiger partial charge in [-0.1, -0.05) is 27.5 Å². The molecule has 0 fully saturated rings. The number of fused-ring (bicyclic) bond motifs is 1. The van der Waals surface area contributed by atoms with E-state index in [4.69, 9.17) is 16.3 Å². The predicted octanol–water partition coefficient (Wildman–Crippen LogP) is 4.46. The van der Waals surface area contributed by atoms with Gasteiger partial charge in [0.2, 0.25) is 0 Å². The third-order valence-electron chi connectivity index (χ3n) is 2.07. The average molecular weight is 292 g/mol. The standard InChI is InChI=1S/C10H8BrClOS/c1-13-9-5-14-10-2-6(4-11)8(12)3-7(9)10/h2-3,5H,4H2,1H3. The van der Waals surface area contributed by atoms with Gasteiger partial charge in [-0.15, -0.1) is 11.3 Å². The van der Waals surface area contributed by atoms with Gasteiger partial charge in [0.1, 0.15) is 5.75 Å². The zero-order valence-electron chi connectivity index (χ0n) is 7.51. The van der Waals surface area contributed by atoms with Crippen molar-refractivity contribution < 1.29 is 4.74 Å². The maximum Gasteiger partial charge on any atom is 0.137 e.